The second-order valence-corrected chi connectivity index (χ2v) is 10.4. The van der Waals surface area contributed by atoms with Crippen LogP contribution in [0.4, 0.5) is 23.4 Å². The number of sulfone groups is 1. The van der Waals surface area contributed by atoms with Gasteiger partial charge in [0.15, 0.2) is 21.5 Å². The van der Waals surface area contributed by atoms with Gasteiger partial charge in [0, 0.05) is 12.8 Å². The molecule has 2 aromatic carbocycles. The van der Waals surface area contributed by atoms with Crippen LogP contribution < -0.4 is 4.90 Å². The summed E-state index contributed by atoms with van der Waals surface area (Å²) in [4.78, 5) is 10.2. The molecule has 0 bridgehead atoms. The van der Waals surface area contributed by atoms with Crippen LogP contribution in [-0.2, 0) is 28.9 Å². The van der Waals surface area contributed by atoms with E-state index in [-0.39, 0.29) is 22.4 Å². The molecule has 1 aliphatic heterocycles. The third-order valence-corrected chi connectivity index (χ3v) is 7.12. The van der Waals surface area contributed by atoms with Gasteiger partial charge in [0.2, 0.25) is 0 Å². The topological polar surface area (TPSA) is 63.2 Å². The summed E-state index contributed by atoms with van der Waals surface area (Å²) in [6, 6.07) is 11.1. The normalized spacial score (nSPS) is 16.7. The van der Waals surface area contributed by atoms with E-state index in [9.17, 15) is 21.6 Å². The third kappa shape index (κ3) is 5.22. The van der Waals surface area contributed by atoms with E-state index in [4.69, 9.17) is 0 Å². The summed E-state index contributed by atoms with van der Waals surface area (Å²) in [5, 5.41) is 0. The standard InChI is InChI=1S/C24H23F4N3O2S/c1-34(32,33)19-11-4-16(5-12-19)6-13-20-22(25)23(30-15-29-20)31-14-2-3-21(31)17-7-9-18(10-8-17)24(26,27)28/h4-5,7-12,15,21H,2-3,6,13-14H2,1H3/t21-/m1/s1. The maximum Gasteiger partial charge on any atom is 0.416 e. The first-order chi connectivity index (χ1) is 16.0. The predicted octanol–water partition coefficient (Wildman–Crippen LogP) is 5.16. The lowest BCUT2D eigenvalue weighted by atomic mass is 10.0. The second-order valence-electron chi connectivity index (χ2n) is 8.35. The molecule has 1 aliphatic rings. The Morgan fingerprint density at radius 1 is 1.00 bits per heavy atom. The van der Waals surface area contributed by atoms with E-state index < -0.39 is 27.4 Å². The minimum Gasteiger partial charge on any atom is -0.347 e. The monoisotopic (exact) mass is 493 g/mol. The highest BCUT2D eigenvalue weighted by Gasteiger charge is 2.33. The van der Waals surface area contributed by atoms with Crippen molar-refractivity contribution < 1.29 is 26.0 Å². The molecule has 1 aromatic heterocycles. The third-order valence-electron chi connectivity index (χ3n) is 5.99. The SMILES string of the molecule is CS(=O)(=O)c1ccc(CCc2ncnc(N3CCC[C@@H]3c3ccc(C(F)(F)F)cc3)c2F)cc1. The number of anilines is 1. The fourth-order valence-corrected chi connectivity index (χ4v) is 4.83. The van der Waals surface area contributed by atoms with E-state index in [1.165, 1.54) is 30.6 Å². The van der Waals surface area contributed by atoms with Gasteiger partial charge in [-0.25, -0.2) is 22.8 Å². The number of nitrogens with zero attached hydrogens (tertiary/aromatic N) is 3. The fourth-order valence-electron chi connectivity index (χ4n) is 4.20. The van der Waals surface area contributed by atoms with Crippen LogP contribution in [0.25, 0.3) is 0 Å². The van der Waals surface area contributed by atoms with Gasteiger partial charge in [-0.15, -0.1) is 0 Å². The fraction of sp³-hybridized carbons (Fsp3) is 0.333. The quantitative estimate of drug-likeness (QED) is 0.444. The Hall–Kier alpha value is -3.01. The summed E-state index contributed by atoms with van der Waals surface area (Å²) in [7, 11) is -3.29. The molecule has 0 amide bonds. The highest BCUT2D eigenvalue weighted by Crippen LogP contribution is 2.38. The molecule has 1 saturated heterocycles. The molecule has 0 saturated carbocycles. The van der Waals surface area contributed by atoms with Gasteiger partial charge < -0.3 is 4.90 Å². The Bertz CT molecular complexity index is 1260. The molecular weight excluding hydrogens is 470 g/mol. The van der Waals surface area contributed by atoms with E-state index in [2.05, 4.69) is 9.97 Å². The van der Waals surface area contributed by atoms with Crippen LogP contribution in [0.15, 0.2) is 59.8 Å². The summed E-state index contributed by atoms with van der Waals surface area (Å²) in [5.74, 6) is -0.408. The van der Waals surface area contributed by atoms with Crippen molar-refractivity contribution in [3.63, 3.8) is 0 Å². The van der Waals surface area contributed by atoms with Crippen LogP contribution in [-0.4, -0.2) is 31.2 Å². The predicted molar refractivity (Wildman–Crippen MR) is 120 cm³/mol. The van der Waals surface area contributed by atoms with Crippen molar-refractivity contribution in [3.05, 3.63) is 83.1 Å². The van der Waals surface area contributed by atoms with Crippen LogP contribution in [0.3, 0.4) is 0 Å². The van der Waals surface area contributed by atoms with Gasteiger partial charge in [-0.1, -0.05) is 24.3 Å². The van der Waals surface area contributed by atoms with Crippen molar-refractivity contribution in [1.82, 2.24) is 9.97 Å². The van der Waals surface area contributed by atoms with Crippen LogP contribution in [0.5, 0.6) is 0 Å². The number of rotatable bonds is 6. The Morgan fingerprint density at radius 3 is 2.29 bits per heavy atom. The molecular formula is C24H23F4N3O2S. The molecule has 2 heterocycles. The van der Waals surface area contributed by atoms with Gasteiger partial charge in [-0.2, -0.15) is 13.2 Å². The molecule has 4 rings (SSSR count). The molecule has 180 valence electrons. The average Bonchev–Trinajstić information content (AvgIpc) is 3.27. The molecule has 5 nitrogen and oxygen atoms in total. The molecule has 10 heteroatoms. The van der Waals surface area contributed by atoms with Crippen LogP contribution in [0.2, 0.25) is 0 Å². The summed E-state index contributed by atoms with van der Waals surface area (Å²) in [5.41, 5.74) is 1.03. The summed E-state index contributed by atoms with van der Waals surface area (Å²) < 4.78 is 77.3. The zero-order valence-corrected chi connectivity index (χ0v) is 19.2. The molecule has 0 N–H and O–H groups in total. The molecule has 34 heavy (non-hydrogen) atoms. The van der Waals surface area contributed by atoms with Gasteiger partial charge in [0.1, 0.15) is 6.33 Å². The zero-order chi connectivity index (χ0) is 24.5. The number of aromatic nitrogens is 2. The van der Waals surface area contributed by atoms with Gasteiger partial charge in [0.05, 0.1) is 22.2 Å². The van der Waals surface area contributed by atoms with Crippen LogP contribution in [0.1, 0.15) is 41.3 Å². The maximum absolute atomic E-state index is 15.4. The van der Waals surface area contributed by atoms with Crippen LogP contribution >= 0.6 is 0 Å². The van der Waals surface area contributed by atoms with Crippen LogP contribution in [0, 0.1) is 5.82 Å². The molecule has 0 aliphatic carbocycles. The Labute approximate surface area is 195 Å². The average molecular weight is 494 g/mol. The molecule has 0 unspecified atom stereocenters. The number of hydrogen-bond acceptors (Lipinski definition) is 5. The van der Waals surface area contributed by atoms with Gasteiger partial charge >= 0.3 is 6.18 Å². The Kier molecular flexibility index (Phi) is 6.62. The lowest BCUT2D eigenvalue weighted by molar-refractivity contribution is -0.137. The second kappa shape index (κ2) is 9.32. The Morgan fingerprint density at radius 2 is 1.68 bits per heavy atom. The first-order valence-electron chi connectivity index (χ1n) is 10.8. The number of alkyl halides is 3. The molecule has 0 radical (unpaired) electrons. The lowest BCUT2D eigenvalue weighted by Gasteiger charge is -2.27. The highest BCUT2D eigenvalue weighted by molar-refractivity contribution is 7.90. The van der Waals surface area contributed by atoms with Crippen molar-refractivity contribution in [2.24, 2.45) is 0 Å². The Balaban J connectivity index is 1.51. The van der Waals surface area contributed by atoms with Gasteiger partial charge in [-0.05, 0) is 61.1 Å². The van der Waals surface area contributed by atoms with Crippen molar-refractivity contribution >= 4 is 15.7 Å². The highest BCUT2D eigenvalue weighted by atomic mass is 32.2. The number of aryl methyl sites for hydroxylation is 2. The first-order valence-corrected chi connectivity index (χ1v) is 12.7. The zero-order valence-electron chi connectivity index (χ0n) is 18.4. The van der Waals surface area contributed by atoms with Gasteiger partial charge in [-0.3, -0.25) is 0 Å². The number of hydrogen-bond donors (Lipinski definition) is 0. The van der Waals surface area contributed by atoms with Crippen molar-refractivity contribution in [2.75, 3.05) is 17.7 Å². The number of benzene rings is 2. The van der Waals surface area contributed by atoms with Gasteiger partial charge in [0.25, 0.3) is 0 Å². The van der Waals surface area contributed by atoms with E-state index in [0.717, 1.165) is 30.4 Å². The van der Waals surface area contributed by atoms with E-state index in [0.29, 0.717) is 31.4 Å². The van der Waals surface area contributed by atoms with Crippen molar-refractivity contribution in [1.29, 1.82) is 0 Å². The molecule has 1 fully saturated rings. The molecule has 3 aromatic rings. The van der Waals surface area contributed by atoms with E-state index >= 15 is 4.39 Å². The number of halogens is 4. The minimum absolute atomic E-state index is 0.139. The van der Waals surface area contributed by atoms with Crippen molar-refractivity contribution in [2.45, 2.75) is 42.8 Å². The smallest absolute Gasteiger partial charge is 0.347 e. The summed E-state index contributed by atoms with van der Waals surface area (Å²) in [6.07, 6.45) is 0.206. The van der Waals surface area contributed by atoms with E-state index in [1.54, 1.807) is 17.0 Å². The largest absolute Gasteiger partial charge is 0.416 e. The first kappa shape index (κ1) is 24.1. The summed E-state index contributed by atoms with van der Waals surface area (Å²) in [6.45, 7) is 0.534. The van der Waals surface area contributed by atoms with E-state index in [1.807, 2.05) is 0 Å². The summed E-state index contributed by atoms with van der Waals surface area (Å²) >= 11 is 0. The molecule has 1 atom stereocenters. The van der Waals surface area contributed by atoms with Crippen molar-refractivity contribution in [3.8, 4) is 0 Å². The molecule has 0 spiro atoms. The minimum atomic E-state index is -4.41. The lowest BCUT2D eigenvalue weighted by Crippen LogP contribution is -2.25. The maximum atomic E-state index is 15.4.